The van der Waals surface area contributed by atoms with Crippen molar-refractivity contribution in [2.75, 3.05) is 0 Å². The van der Waals surface area contributed by atoms with Gasteiger partial charge in [-0.15, -0.1) is 0 Å². The molecule has 20 heavy (non-hydrogen) atoms. The summed E-state index contributed by atoms with van der Waals surface area (Å²) in [5, 5.41) is 9.89. The largest absolute Gasteiger partial charge is 0.507 e. The first-order valence-corrected chi connectivity index (χ1v) is 6.22. The summed E-state index contributed by atoms with van der Waals surface area (Å²) in [5.41, 5.74) is 1.82. The first kappa shape index (κ1) is 12.2. The molecule has 3 heteroatoms. The van der Waals surface area contributed by atoms with E-state index in [2.05, 4.69) is 0 Å². The highest BCUT2D eigenvalue weighted by atomic mass is 16.3. The summed E-state index contributed by atoms with van der Waals surface area (Å²) in [6, 6.07) is 18.0. The van der Waals surface area contributed by atoms with Crippen molar-refractivity contribution < 1.29 is 14.3 Å². The zero-order valence-electron chi connectivity index (χ0n) is 10.6. The Morgan fingerprint density at radius 3 is 2.35 bits per heavy atom. The molecule has 0 fully saturated rings. The van der Waals surface area contributed by atoms with Crippen LogP contribution in [0.2, 0.25) is 0 Å². The number of phenolic OH excluding ortho intramolecular Hbond substituents is 1. The third kappa shape index (κ3) is 2.10. The Balaban J connectivity index is 2.16. The Morgan fingerprint density at radius 2 is 1.65 bits per heavy atom. The highest BCUT2D eigenvalue weighted by Gasteiger charge is 2.16. The molecule has 0 atom stereocenters. The van der Waals surface area contributed by atoms with Crippen molar-refractivity contribution in [2.45, 2.75) is 0 Å². The molecule has 3 aromatic rings. The fraction of sp³-hybridized carbons (Fsp3) is 0. The van der Waals surface area contributed by atoms with Gasteiger partial charge in [0.25, 0.3) is 0 Å². The molecule has 2 aromatic carbocycles. The van der Waals surface area contributed by atoms with Gasteiger partial charge in [0, 0.05) is 5.56 Å². The number of carbonyl (C=O) groups excluding carboxylic acids is 1. The van der Waals surface area contributed by atoms with E-state index in [9.17, 15) is 9.90 Å². The molecular formula is C17H12O3. The number of aldehydes is 1. The summed E-state index contributed by atoms with van der Waals surface area (Å²) in [4.78, 5) is 11.2. The average Bonchev–Trinajstić information content (AvgIpc) is 2.93. The molecule has 1 N–H and O–H groups in total. The van der Waals surface area contributed by atoms with Crippen LogP contribution in [0.5, 0.6) is 5.75 Å². The average molecular weight is 264 g/mol. The van der Waals surface area contributed by atoms with Crippen LogP contribution in [-0.2, 0) is 0 Å². The van der Waals surface area contributed by atoms with Crippen molar-refractivity contribution >= 4 is 6.29 Å². The van der Waals surface area contributed by atoms with Crippen molar-refractivity contribution in [2.24, 2.45) is 0 Å². The number of para-hydroxylation sites is 1. The highest BCUT2D eigenvalue weighted by Crippen LogP contribution is 2.35. The van der Waals surface area contributed by atoms with Gasteiger partial charge in [-0.25, -0.2) is 0 Å². The molecule has 0 saturated heterocycles. The van der Waals surface area contributed by atoms with Crippen LogP contribution in [-0.4, -0.2) is 11.4 Å². The third-order valence-electron chi connectivity index (χ3n) is 3.09. The predicted octanol–water partition coefficient (Wildman–Crippen LogP) is 4.13. The molecule has 3 rings (SSSR count). The molecule has 0 aliphatic rings. The lowest BCUT2D eigenvalue weighted by atomic mass is 10.1. The van der Waals surface area contributed by atoms with Crippen molar-refractivity contribution in [3.63, 3.8) is 0 Å². The summed E-state index contributed by atoms with van der Waals surface area (Å²) < 4.78 is 5.77. The lowest BCUT2D eigenvalue weighted by Gasteiger charge is -2.01. The van der Waals surface area contributed by atoms with Gasteiger partial charge >= 0.3 is 0 Å². The predicted molar refractivity (Wildman–Crippen MR) is 76.6 cm³/mol. The van der Waals surface area contributed by atoms with Gasteiger partial charge in [0.15, 0.2) is 6.29 Å². The first-order chi connectivity index (χ1) is 9.79. The lowest BCUT2D eigenvalue weighted by Crippen LogP contribution is -1.81. The van der Waals surface area contributed by atoms with Gasteiger partial charge in [-0.3, -0.25) is 4.79 Å². The lowest BCUT2D eigenvalue weighted by molar-refractivity contribution is 0.112. The standard InChI is InChI=1S/C17H12O3/c18-11-13-10-16(12-6-2-1-3-7-12)20-17(13)14-8-4-5-9-15(14)19/h1-11,19H. The smallest absolute Gasteiger partial charge is 0.153 e. The molecule has 0 unspecified atom stereocenters. The quantitative estimate of drug-likeness (QED) is 0.723. The van der Waals surface area contributed by atoms with Gasteiger partial charge < -0.3 is 9.52 Å². The Morgan fingerprint density at radius 1 is 0.950 bits per heavy atom. The van der Waals surface area contributed by atoms with Crippen LogP contribution in [0, 0.1) is 0 Å². The number of hydrogen-bond donors (Lipinski definition) is 1. The van der Waals surface area contributed by atoms with E-state index < -0.39 is 0 Å². The molecule has 1 heterocycles. The van der Waals surface area contributed by atoms with E-state index in [1.54, 1.807) is 30.3 Å². The molecule has 3 nitrogen and oxygen atoms in total. The SMILES string of the molecule is O=Cc1cc(-c2ccccc2)oc1-c1ccccc1O. The van der Waals surface area contributed by atoms with E-state index in [0.29, 0.717) is 22.6 Å². The van der Waals surface area contributed by atoms with Crippen molar-refractivity contribution in [3.8, 4) is 28.4 Å². The molecule has 0 aliphatic carbocycles. The van der Waals surface area contributed by atoms with E-state index in [0.717, 1.165) is 11.8 Å². The minimum atomic E-state index is 0.0876. The van der Waals surface area contributed by atoms with E-state index in [-0.39, 0.29) is 5.75 Å². The number of benzene rings is 2. The molecule has 0 aliphatic heterocycles. The number of phenols is 1. The normalized spacial score (nSPS) is 10.4. The van der Waals surface area contributed by atoms with Crippen LogP contribution in [0.4, 0.5) is 0 Å². The van der Waals surface area contributed by atoms with Gasteiger partial charge in [0.05, 0.1) is 11.1 Å². The fourth-order valence-electron chi connectivity index (χ4n) is 2.11. The van der Waals surface area contributed by atoms with Crippen LogP contribution in [0.1, 0.15) is 10.4 Å². The Bertz CT molecular complexity index is 742. The second-order valence-corrected chi connectivity index (χ2v) is 4.40. The summed E-state index contributed by atoms with van der Waals surface area (Å²) in [5.74, 6) is 1.08. The van der Waals surface area contributed by atoms with Crippen molar-refractivity contribution in [1.82, 2.24) is 0 Å². The van der Waals surface area contributed by atoms with E-state index in [4.69, 9.17) is 4.42 Å². The summed E-state index contributed by atoms with van der Waals surface area (Å²) >= 11 is 0. The fourth-order valence-corrected chi connectivity index (χ4v) is 2.11. The Kier molecular flexibility index (Phi) is 3.09. The monoisotopic (exact) mass is 264 g/mol. The van der Waals surface area contributed by atoms with Crippen molar-refractivity contribution in [3.05, 3.63) is 66.2 Å². The number of furan rings is 1. The molecule has 0 amide bonds. The molecule has 0 radical (unpaired) electrons. The second kappa shape index (κ2) is 5.05. The minimum absolute atomic E-state index is 0.0876. The number of aromatic hydroxyl groups is 1. The summed E-state index contributed by atoms with van der Waals surface area (Å²) in [7, 11) is 0. The second-order valence-electron chi connectivity index (χ2n) is 4.40. The molecule has 0 saturated carbocycles. The summed E-state index contributed by atoms with van der Waals surface area (Å²) in [6.07, 6.45) is 0.734. The van der Waals surface area contributed by atoms with E-state index in [1.807, 2.05) is 30.3 Å². The Hall–Kier alpha value is -2.81. The molecule has 1 aromatic heterocycles. The van der Waals surface area contributed by atoms with Crippen LogP contribution in [0.3, 0.4) is 0 Å². The van der Waals surface area contributed by atoms with Crippen molar-refractivity contribution in [1.29, 1.82) is 0 Å². The van der Waals surface area contributed by atoms with Gasteiger partial charge in [-0.05, 0) is 18.2 Å². The topological polar surface area (TPSA) is 50.4 Å². The highest BCUT2D eigenvalue weighted by molar-refractivity contribution is 5.88. The van der Waals surface area contributed by atoms with Crippen LogP contribution >= 0.6 is 0 Å². The summed E-state index contributed by atoms with van der Waals surface area (Å²) in [6.45, 7) is 0. The molecule has 0 spiro atoms. The number of hydrogen-bond acceptors (Lipinski definition) is 3. The third-order valence-corrected chi connectivity index (χ3v) is 3.09. The maximum absolute atomic E-state index is 11.2. The Labute approximate surface area is 116 Å². The van der Waals surface area contributed by atoms with Gasteiger partial charge in [0.1, 0.15) is 17.3 Å². The van der Waals surface area contributed by atoms with Gasteiger partial charge in [-0.1, -0.05) is 42.5 Å². The number of rotatable bonds is 3. The maximum atomic E-state index is 11.2. The van der Waals surface area contributed by atoms with Crippen LogP contribution in [0.15, 0.2) is 65.1 Å². The molecule has 0 bridgehead atoms. The van der Waals surface area contributed by atoms with E-state index >= 15 is 0 Å². The minimum Gasteiger partial charge on any atom is -0.507 e. The van der Waals surface area contributed by atoms with Gasteiger partial charge in [-0.2, -0.15) is 0 Å². The van der Waals surface area contributed by atoms with E-state index in [1.165, 1.54) is 0 Å². The maximum Gasteiger partial charge on any atom is 0.153 e. The van der Waals surface area contributed by atoms with Crippen LogP contribution in [0.25, 0.3) is 22.6 Å². The zero-order valence-corrected chi connectivity index (χ0v) is 10.6. The molecule has 98 valence electrons. The number of carbonyl (C=O) groups is 1. The van der Waals surface area contributed by atoms with Crippen LogP contribution < -0.4 is 0 Å². The zero-order chi connectivity index (χ0) is 13.9. The first-order valence-electron chi connectivity index (χ1n) is 6.22. The van der Waals surface area contributed by atoms with Gasteiger partial charge in [0.2, 0.25) is 0 Å². The molecular weight excluding hydrogens is 252 g/mol.